The fourth-order valence-corrected chi connectivity index (χ4v) is 4.05. The quantitative estimate of drug-likeness (QED) is 0.577. The summed E-state index contributed by atoms with van der Waals surface area (Å²) in [6, 6.07) is 17.1. The summed E-state index contributed by atoms with van der Waals surface area (Å²) in [5, 5.41) is 0.808. The molecule has 4 rings (SSSR count). The molecule has 1 saturated heterocycles. The number of piperidine rings is 1. The zero-order valence-corrected chi connectivity index (χ0v) is 17.8. The zero-order chi connectivity index (χ0) is 21.8. The van der Waals surface area contributed by atoms with Crippen LogP contribution in [0.2, 0.25) is 0 Å². The van der Waals surface area contributed by atoms with Crippen molar-refractivity contribution in [1.82, 2.24) is 9.88 Å². The van der Waals surface area contributed by atoms with Crippen LogP contribution in [0.25, 0.3) is 22.2 Å². The highest BCUT2D eigenvalue weighted by Gasteiger charge is 2.30. The third kappa shape index (κ3) is 4.38. The minimum Gasteiger partial charge on any atom is -0.497 e. The van der Waals surface area contributed by atoms with Gasteiger partial charge in [-0.25, -0.2) is 4.98 Å². The van der Waals surface area contributed by atoms with Crippen LogP contribution in [0.5, 0.6) is 5.75 Å². The van der Waals surface area contributed by atoms with Gasteiger partial charge in [-0.1, -0.05) is 18.2 Å². The molecule has 1 aliphatic heterocycles. The maximum atomic E-state index is 13.5. The molecule has 2 heterocycles. The van der Waals surface area contributed by atoms with E-state index in [1.165, 1.54) is 0 Å². The van der Waals surface area contributed by atoms with Crippen molar-refractivity contribution in [2.75, 3.05) is 26.8 Å². The third-order valence-corrected chi connectivity index (χ3v) is 5.66. The number of nitrogens with zero attached hydrogens (tertiary/aromatic N) is 2. The van der Waals surface area contributed by atoms with Gasteiger partial charge in [0.25, 0.3) is 5.91 Å². The first-order valence-corrected chi connectivity index (χ1v) is 10.6. The molecule has 1 fully saturated rings. The fourth-order valence-electron chi connectivity index (χ4n) is 4.05. The van der Waals surface area contributed by atoms with E-state index in [0.717, 1.165) is 40.8 Å². The Hall–Kier alpha value is -3.41. The number of carbonyl (C=O) groups is 2. The number of esters is 1. The Kier molecular flexibility index (Phi) is 6.16. The van der Waals surface area contributed by atoms with Gasteiger partial charge in [-0.2, -0.15) is 0 Å². The van der Waals surface area contributed by atoms with Gasteiger partial charge >= 0.3 is 5.97 Å². The normalized spacial score (nSPS) is 16.2. The zero-order valence-electron chi connectivity index (χ0n) is 17.8. The summed E-state index contributed by atoms with van der Waals surface area (Å²) in [4.78, 5) is 32.3. The number of hydrogen-bond donors (Lipinski definition) is 0. The van der Waals surface area contributed by atoms with E-state index in [4.69, 9.17) is 14.5 Å². The van der Waals surface area contributed by atoms with Crippen LogP contribution in [0.3, 0.4) is 0 Å². The first-order valence-electron chi connectivity index (χ1n) is 10.6. The smallest absolute Gasteiger partial charge is 0.310 e. The lowest BCUT2D eigenvalue weighted by molar-refractivity contribution is -0.149. The van der Waals surface area contributed by atoms with Crippen molar-refractivity contribution in [1.29, 1.82) is 0 Å². The van der Waals surface area contributed by atoms with Crippen LogP contribution in [0.1, 0.15) is 30.1 Å². The van der Waals surface area contributed by atoms with Gasteiger partial charge < -0.3 is 14.4 Å². The van der Waals surface area contributed by atoms with Gasteiger partial charge in [0.15, 0.2) is 0 Å². The van der Waals surface area contributed by atoms with Gasteiger partial charge in [-0.05, 0) is 56.2 Å². The number of hydrogen-bond acceptors (Lipinski definition) is 5. The van der Waals surface area contributed by atoms with Gasteiger partial charge in [-0.15, -0.1) is 0 Å². The maximum Gasteiger partial charge on any atom is 0.310 e. The lowest BCUT2D eigenvalue weighted by atomic mass is 9.96. The second-order valence-corrected chi connectivity index (χ2v) is 7.64. The number of aromatic nitrogens is 1. The van der Waals surface area contributed by atoms with Crippen molar-refractivity contribution in [2.45, 2.75) is 19.8 Å². The molecule has 1 atom stereocenters. The Labute approximate surface area is 181 Å². The molecule has 0 bridgehead atoms. The molecule has 0 saturated carbocycles. The van der Waals surface area contributed by atoms with Crippen molar-refractivity contribution in [3.05, 3.63) is 60.2 Å². The Morgan fingerprint density at radius 2 is 1.90 bits per heavy atom. The molecule has 0 N–H and O–H groups in total. The second kappa shape index (κ2) is 9.16. The van der Waals surface area contributed by atoms with Crippen molar-refractivity contribution in [3.8, 4) is 17.0 Å². The Balaban J connectivity index is 1.70. The number of ether oxygens (including phenoxy) is 2. The molecular weight excluding hydrogens is 392 g/mol. The molecule has 1 aliphatic rings. The highest BCUT2D eigenvalue weighted by atomic mass is 16.5. The number of methoxy groups -OCH3 is 1. The van der Waals surface area contributed by atoms with E-state index in [-0.39, 0.29) is 17.8 Å². The van der Waals surface area contributed by atoms with Crippen LogP contribution in [-0.2, 0) is 9.53 Å². The molecular formula is C25H26N2O4. The highest BCUT2D eigenvalue weighted by molar-refractivity contribution is 6.07. The monoisotopic (exact) mass is 418 g/mol. The number of rotatable bonds is 5. The van der Waals surface area contributed by atoms with Crippen molar-refractivity contribution < 1.29 is 19.1 Å². The van der Waals surface area contributed by atoms with Gasteiger partial charge in [0.05, 0.1) is 36.4 Å². The number of likely N-dealkylation sites (tertiary alicyclic amines) is 1. The topological polar surface area (TPSA) is 68.7 Å². The molecule has 2 aromatic carbocycles. The summed E-state index contributed by atoms with van der Waals surface area (Å²) >= 11 is 0. The third-order valence-electron chi connectivity index (χ3n) is 5.66. The van der Waals surface area contributed by atoms with Crippen molar-refractivity contribution in [3.63, 3.8) is 0 Å². The summed E-state index contributed by atoms with van der Waals surface area (Å²) in [6.45, 7) is 3.16. The fraction of sp³-hybridized carbons (Fsp3) is 0.320. The largest absolute Gasteiger partial charge is 0.497 e. The molecule has 1 unspecified atom stereocenters. The van der Waals surface area contributed by atoms with Crippen LogP contribution in [0.4, 0.5) is 0 Å². The highest BCUT2D eigenvalue weighted by Crippen LogP contribution is 2.28. The first-order chi connectivity index (χ1) is 15.1. The Morgan fingerprint density at radius 1 is 1.13 bits per heavy atom. The average Bonchev–Trinajstić information content (AvgIpc) is 2.83. The summed E-state index contributed by atoms with van der Waals surface area (Å²) in [5.74, 6) is 0.187. The summed E-state index contributed by atoms with van der Waals surface area (Å²) in [5.41, 5.74) is 2.99. The SMILES string of the molecule is CCOC(=O)C1CCCN(C(=O)c2cc(-c3ccc(OC)cc3)nc3ccccc23)C1. The summed E-state index contributed by atoms with van der Waals surface area (Å²) < 4.78 is 10.4. The molecule has 1 aromatic heterocycles. The standard InChI is InChI=1S/C25H26N2O4/c1-3-31-25(29)18-7-6-14-27(16-18)24(28)21-15-23(17-10-12-19(30-2)13-11-17)26-22-9-5-4-8-20(21)22/h4-5,8-13,15,18H,3,6-7,14,16H2,1-2H3. The van der Waals surface area contributed by atoms with Crippen molar-refractivity contribution >= 4 is 22.8 Å². The van der Waals surface area contributed by atoms with Gasteiger partial charge in [-0.3, -0.25) is 9.59 Å². The molecule has 0 aliphatic carbocycles. The molecule has 160 valence electrons. The number of pyridine rings is 1. The molecule has 1 amide bonds. The van der Waals surface area contributed by atoms with E-state index >= 15 is 0 Å². The second-order valence-electron chi connectivity index (χ2n) is 7.64. The van der Waals surface area contributed by atoms with Gasteiger partial charge in [0, 0.05) is 24.0 Å². The van der Waals surface area contributed by atoms with E-state index in [1.54, 1.807) is 18.9 Å². The summed E-state index contributed by atoms with van der Waals surface area (Å²) in [6.07, 6.45) is 1.53. The number of fused-ring (bicyclic) bond motifs is 1. The van der Waals surface area contributed by atoms with E-state index in [0.29, 0.717) is 25.3 Å². The van der Waals surface area contributed by atoms with Crippen LogP contribution in [0.15, 0.2) is 54.6 Å². The number of amides is 1. The number of para-hydroxylation sites is 1. The van der Waals surface area contributed by atoms with Crippen LogP contribution < -0.4 is 4.74 Å². The number of carbonyl (C=O) groups excluding carboxylic acids is 2. The average molecular weight is 418 g/mol. The maximum absolute atomic E-state index is 13.5. The predicted molar refractivity (Wildman–Crippen MR) is 119 cm³/mol. The molecule has 0 radical (unpaired) electrons. The van der Waals surface area contributed by atoms with E-state index < -0.39 is 0 Å². The molecule has 0 spiro atoms. The van der Waals surface area contributed by atoms with E-state index in [1.807, 2.05) is 54.6 Å². The van der Waals surface area contributed by atoms with Crippen LogP contribution >= 0.6 is 0 Å². The van der Waals surface area contributed by atoms with Gasteiger partial charge in [0.1, 0.15) is 5.75 Å². The Bertz CT molecular complexity index is 1090. The van der Waals surface area contributed by atoms with Crippen LogP contribution in [0, 0.1) is 5.92 Å². The molecule has 6 heteroatoms. The summed E-state index contributed by atoms with van der Waals surface area (Å²) in [7, 11) is 1.63. The Morgan fingerprint density at radius 3 is 2.65 bits per heavy atom. The van der Waals surface area contributed by atoms with E-state index in [9.17, 15) is 9.59 Å². The predicted octanol–water partition coefficient (Wildman–Crippen LogP) is 4.33. The van der Waals surface area contributed by atoms with Crippen LogP contribution in [-0.4, -0.2) is 48.6 Å². The van der Waals surface area contributed by atoms with E-state index in [2.05, 4.69) is 0 Å². The minimum absolute atomic E-state index is 0.0811. The van der Waals surface area contributed by atoms with Crippen molar-refractivity contribution in [2.24, 2.45) is 5.92 Å². The minimum atomic E-state index is -0.271. The lowest BCUT2D eigenvalue weighted by Gasteiger charge is -2.32. The first kappa shape index (κ1) is 20.8. The number of benzene rings is 2. The van der Waals surface area contributed by atoms with Gasteiger partial charge in [0.2, 0.25) is 0 Å². The lowest BCUT2D eigenvalue weighted by Crippen LogP contribution is -2.42. The molecule has 31 heavy (non-hydrogen) atoms. The molecule has 3 aromatic rings. The molecule has 6 nitrogen and oxygen atoms in total.